The fourth-order valence-electron chi connectivity index (χ4n) is 2.68. The lowest BCUT2D eigenvalue weighted by atomic mass is 10.2. The molecular formula is C20H30N6O. The molecule has 146 valence electrons. The van der Waals surface area contributed by atoms with Gasteiger partial charge < -0.3 is 16.0 Å². The van der Waals surface area contributed by atoms with Gasteiger partial charge in [0, 0.05) is 31.9 Å². The van der Waals surface area contributed by atoms with Crippen LogP contribution in [0.4, 0.5) is 0 Å². The standard InChI is InChI=1S/C20H30N6O/c1-4-21-20(22-11-8-12-26-17(3)13-16(2)25-26)24-15-19(27)23-14-18-9-6-5-7-10-18/h5-7,9-10,13H,4,8,11-12,14-15H2,1-3H3,(H,23,27)(H2,21,22,24). The summed E-state index contributed by atoms with van der Waals surface area (Å²) in [6, 6.07) is 11.9. The third-order valence-corrected chi connectivity index (χ3v) is 4.00. The fourth-order valence-corrected chi connectivity index (χ4v) is 2.68. The van der Waals surface area contributed by atoms with Crippen molar-refractivity contribution in [2.24, 2.45) is 4.99 Å². The molecule has 0 aliphatic rings. The fraction of sp³-hybridized carbons (Fsp3) is 0.450. The van der Waals surface area contributed by atoms with Crippen LogP contribution in [-0.4, -0.2) is 41.3 Å². The average molecular weight is 371 g/mol. The monoisotopic (exact) mass is 370 g/mol. The smallest absolute Gasteiger partial charge is 0.242 e. The van der Waals surface area contributed by atoms with Crippen LogP contribution in [0.25, 0.3) is 0 Å². The molecular weight excluding hydrogens is 340 g/mol. The first kappa shape index (κ1) is 20.5. The van der Waals surface area contributed by atoms with Gasteiger partial charge >= 0.3 is 0 Å². The number of aryl methyl sites for hydroxylation is 3. The number of nitrogens with one attached hydrogen (secondary N) is 3. The van der Waals surface area contributed by atoms with Crippen LogP contribution >= 0.6 is 0 Å². The number of rotatable bonds is 9. The Labute approximate surface area is 161 Å². The molecule has 0 radical (unpaired) electrons. The van der Waals surface area contributed by atoms with Crippen LogP contribution in [0.3, 0.4) is 0 Å². The molecule has 0 bridgehead atoms. The summed E-state index contributed by atoms with van der Waals surface area (Å²) in [7, 11) is 0. The Hall–Kier alpha value is -2.83. The summed E-state index contributed by atoms with van der Waals surface area (Å²) in [5, 5.41) is 13.8. The van der Waals surface area contributed by atoms with E-state index in [-0.39, 0.29) is 12.5 Å². The van der Waals surface area contributed by atoms with E-state index in [2.05, 4.69) is 39.0 Å². The molecule has 27 heavy (non-hydrogen) atoms. The Kier molecular flexibility index (Phi) is 8.35. The SMILES string of the molecule is CCNC(=NCC(=O)NCc1ccccc1)NCCCn1nc(C)cc1C. The van der Waals surface area contributed by atoms with Gasteiger partial charge in [0.1, 0.15) is 6.54 Å². The molecule has 0 aliphatic heterocycles. The minimum Gasteiger partial charge on any atom is -0.357 e. The van der Waals surface area contributed by atoms with Gasteiger partial charge in [-0.05, 0) is 38.8 Å². The molecule has 2 aromatic rings. The van der Waals surface area contributed by atoms with Gasteiger partial charge in [-0.15, -0.1) is 0 Å². The van der Waals surface area contributed by atoms with Gasteiger partial charge in [-0.3, -0.25) is 9.48 Å². The lowest BCUT2D eigenvalue weighted by Gasteiger charge is -2.12. The van der Waals surface area contributed by atoms with Gasteiger partial charge in [0.05, 0.1) is 5.69 Å². The molecule has 3 N–H and O–H groups in total. The lowest BCUT2D eigenvalue weighted by molar-refractivity contribution is -0.119. The number of hydrogen-bond acceptors (Lipinski definition) is 3. The highest BCUT2D eigenvalue weighted by Crippen LogP contribution is 2.02. The maximum absolute atomic E-state index is 12.0. The molecule has 0 atom stereocenters. The zero-order valence-electron chi connectivity index (χ0n) is 16.5. The first-order valence-electron chi connectivity index (χ1n) is 9.42. The predicted octanol–water partition coefficient (Wildman–Crippen LogP) is 1.76. The van der Waals surface area contributed by atoms with E-state index in [1.807, 2.05) is 48.9 Å². The summed E-state index contributed by atoms with van der Waals surface area (Å²) in [4.78, 5) is 16.3. The number of guanidine groups is 1. The quantitative estimate of drug-likeness (QED) is 0.357. The van der Waals surface area contributed by atoms with Crippen molar-refractivity contribution in [3.8, 4) is 0 Å². The van der Waals surface area contributed by atoms with Crippen LogP contribution in [0.2, 0.25) is 0 Å². The second-order valence-electron chi connectivity index (χ2n) is 6.39. The van der Waals surface area contributed by atoms with Gasteiger partial charge in [-0.2, -0.15) is 5.10 Å². The van der Waals surface area contributed by atoms with Crippen LogP contribution in [0.1, 0.15) is 30.3 Å². The summed E-state index contributed by atoms with van der Waals surface area (Å²) in [6.45, 7) is 9.03. The minimum atomic E-state index is -0.0984. The third kappa shape index (κ3) is 7.52. The second kappa shape index (κ2) is 11.0. The highest BCUT2D eigenvalue weighted by molar-refractivity contribution is 5.84. The van der Waals surface area contributed by atoms with Gasteiger partial charge in [-0.25, -0.2) is 4.99 Å². The number of amides is 1. The van der Waals surface area contributed by atoms with E-state index in [9.17, 15) is 4.79 Å². The van der Waals surface area contributed by atoms with Crippen LogP contribution in [0.15, 0.2) is 41.4 Å². The average Bonchev–Trinajstić information content (AvgIpc) is 2.99. The zero-order chi connectivity index (χ0) is 19.5. The molecule has 1 heterocycles. The van der Waals surface area contributed by atoms with E-state index in [0.717, 1.165) is 37.3 Å². The summed E-state index contributed by atoms with van der Waals surface area (Å²) < 4.78 is 2.01. The van der Waals surface area contributed by atoms with Crippen molar-refractivity contribution in [1.29, 1.82) is 0 Å². The van der Waals surface area contributed by atoms with Gasteiger partial charge in [0.15, 0.2) is 5.96 Å². The molecule has 0 unspecified atom stereocenters. The summed E-state index contributed by atoms with van der Waals surface area (Å²) >= 11 is 0. The number of hydrogen-bond donors (Lipinski definition) is 3. The van der Waals surface area contributed by atoms with Crippen LogP contribution in [0.5, 0.6) is 0 Å². The molecule has 2 rings (SSSR count). The van der Waals surface area contributed by atoms with Crippen molar-refractivity contribution >= 4 is 11.9 Å². The van der Waals surface area contributed by atoms with Crippen molar-refractivity contribution in [2.75, 3.05) is 19.6 Å². The van der Waals surface area contributed by atoms with E-state index in [0.29, 0.717) is 12.5 Å². The molecule has 0 aliphatic carbocycles. The Morgan fingerprint density at radius 3 is 2.59 bits per heavy atom. The highest BCUT2D eigenvalue weighted by atomic mass is 16.1. The molecule has 0 spiro atoms. The highest BCUT2D eigenvalue weighted by Gasteiger charge is 2.03. The Balaban J connectivity index is 1.72. The maximum atomic E-state index is 12.0. The minimum absolute atomic E-state index is 0.0969. The van der Waals surface area contributed by atoms with Crippen LogP contribution in [0, 0.1) is 13.8 Å². The van der Waals surface area contributed by atoms with Crippen molar-refractivity contribution in [1.82, 2.24) is 25.7 Å². The number of nitrogens with zero attached hydrogens (tertiary/aromatic N) is 3. The predicted molar refractivity (Wildman–Crippen MR) is 109 cm³/mol. The Morgan fingerprint density at radius 1 is 1.15 bits per heavy atom. The number of aromatic nitrogens is 2. The molecule has 1 aromatic heterocycles. The Bertz CT molecular complexity index is 738. The molecule has 0 saturated heterocycles. The van der Waals surface area contributed by atoms with Crippen molar-refractivity contribution < 1.29 is 4.79 Å². The summed E-state index contributed by atoms with van der Waals surface area (Å²) in [6.07, 6.45) is 0.923. The number of carbonyl (C=O) groups excluding carboxylic acids is 1. The normalized spacial score (nSPS) is 11.3. The van der Waals surface area contributed by atoms with Crippen molar-refractivity contribution in [3.63, 3.8) is 0 Å². The molecule has 1 amide bonds. The first-order valence-corrected chi connectivity index (χ1v) is 9.42. The zero-order valence-corrected chi connectivity index (χ0v) is 16.5. The van der Waals surface area contributed by atoms with E-state index in [1.165, 1.54) is 5.69 Å². The van der Waals surface area contributed by atoms with E-state index in [1.54, 1.807) is 0 Å². The third-order valence-electron chi connectivity index (χ3n) is 4.00. The number of benzene rings is 1. The van der Waals surface area contributed by atoms with Gasteiger partial charge in [0.25, 0.3) is 0 Å². The van der Waals surface area contributed by atoms with Crippen LogP contribution < -0.4 is 16.0 Å². The largest absolute Gasteiger partial charge is 0.357 e. The van der Waals surface area contributed by atoms with Gasteiger partial charge in [-0.1, -0.05) is 30.3 Å². The lowest BCUT2D eigenvalue weighted by Crippen LogP contribution is -2.39. The maximum Gasteiger partial charge on any atom is 0.242 e. The summed E-state index contributed by atoms with van der Waals surface area (Å²) in [5.74, 6) is 0.555. The number of aliphatic imine (C=N–C) groups is 1. The second-order valence-corrected chi connectivity index (χ2v) is 6.39. The Morgan fingerprint density at radius 2 is 1.93 bits per heavy atom. The van der Waals surface area contributed by atoms with E-state index in [4.69, 9.17) is 0 Å². The molecule has 0 fully saturated rings. The molecule has 1 aromatic carbocycles. The first-order chi connectivity index (χ1) is 13.1. The topological polar surface area (TPSA) is 83.3 Å². The molecule has 7 nitrogen and oxygen atoms in total. The van der Waals surface area contributed by atoms with Crippen molar-refractivity contribution in [2.45, 2.75) is 40.3 Å². The molecule has 7 heteroatoms. The van der Waals surface area contributed by atoms with Crippen molar-refractivity contribution in [3.05, 3.63) is 53.3 Å². The van der Waals surface area contributed by atoms with E-state index >= 15 is 0 Å². The number of carbonyl (C=O) groups is 1. The van der Waals surface area contributed by atoms with Gasteiger partial charge in [0.2, 0.25) is 5.91 Å². The molecule has 0 saturated carbocycles. The van der Waals surface area contributed by atoms with Crippen LogP contribution in [-0.2, 0) is 17.9 Å². The summed E-state index contributed by atoms with van der Waals surface area (Å²) in [5.41, 5.74) is 3.28. The van der Waals surface area contributed by atoms with E-state index < -0.39 is 0 Å².